The third-order valence-electron chi connectivity index (χ3n) is 3.68. The second kappa shape index (κ2) is 8.64. The van der Waals surface area contributed by atoms with Crippen LogP contribution < -0.4 is 9.47 Å². The molecule has 0 aliphatic heterocycles. The number of rotatable bonds is 8. The van der Waals surface area contributed by atoms with Crippen molar-refractivity contribution >= 4 is 17.3 Å². The van der Waals surface area contributed by atoms with Gasteiger partial charge in [-0.25, -0.2) is 8.78 Å². The van der Waals surface area contributed by atoms with Crippen LogP contribution in [0.3, 0.4) is 0 Å². The molecule has 1 N–H and O–H groups in total. The Hall–Kier alpha value is -2.93. The average molecular weight is 390 g/mol. The van der Waals surface area contributed by atoms with E-state index in [9.17, 15) is 13.6 Å². The molecule has 3 rings (SSSR count). The van der Waals surface area contributed by atoms with Crippen molar-refractivity contribution < 1.29 is 28.2 Å². The normalized spacial score (nSPS) is 10.6. The standard InChI is InChI=1S/C20H16F2O4S/c21-16-10-13(6-7-18(23)24)11-17(22)20(16)25-12-14-3-1-4-15(9-14)26-19-5-2-8-27-19/h1-5,8-11H,6-7,12H2,(H,23,24). The summed E-state index contributed by atoms with van der Waals surface area (Å²) in [5, 5.41) is 11.3. The van der Waals surface area contributed by atoms with E-state index in [1.54, 1.807) is 24.3 Å². The van der Waals surface area contributed by atoms with E-state index < -0.39 is 23.4 Å². The first-order chi connectivity index (χ1) is 13.0. The zero-order chi connectivity index (χ0) is 19.2. The fraction of sp³-hybridized carbons (Fsp3) is 0.150. The van der Waals surface area contributed by atoms with Crippen LogP contribution in [0.4, 0.5) is 8.78 Å². The highest BCUT2D eigenvalue weighted by molar-refractivity contribution is 7.11. The Balaban J connectivity index is 1.66. The maximum atomic E-state index is 14.1. The largest absolute Gasteiger partial charge is 0.483 e. The Morgan fingerprint density at radius 3 is 2.48 bits per heavy atom. The summed E-state index contributed by atoms with van der Waals surface area (Å²) < 4.78 is 39.3. The lowest BCUT2D eigenvalue weighted by Crippen LogP contribution is -2.03. The quantitative estimate of drug-likeness (QED) is 0.558. The van der Waals surface area contributed by atoms with Gasteiger partial charge >= 0.3 is 5.97 Å². The van der Waals surface area contributed by atoms with Crippen molar-refractivity contribution in [3.63, 3.8) is 0 Å². The minimum atomic E-state index is -1.03. The predicted molar refractivity (Wildman–Crippen MR) is 97.5 cm³/mol. The summed E-state index contributed by atoms with van der Waals surface area (Å²) in [6.45, 7) is -0.0377. The second-order valence-corrected chi connectivity index (χ2v) is 6.66. The molecule has 4 nitrogen and oxygen atoms in total. The molecule has 0 atom stereocenters. The van der Waals surface area contributed by atoms with E-state index >= 15 is 0 Å². The summed E-state index contributed by atoms with van der Waals surface area (Å²) in [6.07, 6.45) is -0.151. The van der Waals surface area contributed by atoms with E-state index in [-0.39, 0.29) is 25.0 Å². The lowest BCUT2D eigenvalue weighted by molar-refractivity contribution is -0.136. The summed E-state index contributed by atoms with van der Waals surface area (Å²) in [6, 6.07) is 12.9. The van der Waals surface area contributed by atoms with Crippen LogP contribution in [-0.4, -0.2) is 11.1 Å². The van der Waals surface area contributed by atoms with E-state index in [0.29, 0.717) is 11.3 Å². The highest BCUT2D eigenvalue weighted by atomic mass is 32.1. The van der Waals surface area contributed by atoms with Crippen molar-refractivity contribution in [2.75, 3.05) is 0 Å². The van der Waals surface area contributed by atoms with Crippen molar-refractivity contribution in [2.45, 2.75) is 19.4 Å². The number of hydrogen-bond acceptors (Lipinski definition) is 4. The van der Waals surface area contributed by atoms with Crippen molar-refractivity contribution in [1.29, 1.82) is 0 Å². The van der Waals surface area contributed by atoms with Gasteiger partial charge in [0.05, 0.1) is 0 Å². The second-order valence-electron chi connectivity index (χ2n) is 5.75. The van der Waals surface area contributed by atoms with Crippen molar-refractivity contribution in [2.24, 2.45) is 0 Å². The molecule has 0 unspecified atom stereocenters. The van der Waals surface area contributed by atoms with Gasteiger partial charge in [-0.2, -0.15) is 0 Å². The number of benzene rings is 2. The molecule has 0 spiro atoms. The fourth-order valence-corrected chi connectivity index (χ4v) is 3.03. The molecule has 0 aliphatic carbocycles. The van der Waals surface area contributed by atoms with E-state index in [2.05, 4.69) is 0 Å². The molecule has 0 saturated carbocycles. The number of aryl methyl sites for hydroxylation is 1. The monoisotopic (exact) mass is 390 g/mol. The van der Waals surface area contributed by atoms with Gasteiger partial charge in [0.25, 0.3) is 0 Å². The SMILES string of the molecule is O=C(O)CCc1cc(F)c(OCc2cccc(Oc3cccs3)c2)c(F)c1. The van der Waals surface area contributed by atoms with Gasteiger partial charge in [-0.15, -0.1) is 11.3 Å². The first kappa shape index (κ1) is 18.8. The van der Waals surface area contributed by atoms with Crippen molar-refractivity contribution in [3.8, 4) is 16.6 Å². The van der Waals surface area contributed by atoms with Gasteiger partial charge in [0.2, 0.25) is 0 Å². The van der Waals surface area contributed by atoms with Crippen LogP contribution in [0.1, 0.15) is 17.5 Å². The zero-order valence-electron chi connectivity index (χ0n) is 14.2. The van der Waals surface area contributed by atoms with Crippen molar-refractivity contribution in [3.05, 3.63) is 76.7 Å². The molecule has 0 aliphatic rings. The van der Waals surface area contributed by atoms with Crippen LogP contribution in [0.2, 0.25) is 0 Å². The molecule has 0 bridgehead atoms. The van der Waals surface area contributed by atoms with E-state index in [0.717, 1.165) is 17.2 Å². The van der Waals surface area contributed by atoms with Gasteiger partial charge in [-0.3, -0.25) is 4.79 Å². The van der Waals surface area contributed by atoms with Gasteiger partial charge < -0.3 is 14.6 Å². The number of carboxylic acid groups (broad SMARTS) is 1. The Labute approximate surface area is 158 Å². The van der Waals surface area contributed by atoms with Crippen LogP contribution in [0, 0.1) is 11.6 Å². The highest BCUT2D eigenvalue weighted by Crippen LogP contribution is 2.28. The highest BCUT2D eigenvalue weighted by Gasteiger charge is 2.14. The molecule has 0 radical (unpaired) electrons. The molecule has 0 saturated heterocycles. The first-order valence-corrected chi connectivity index (χ1v) is 9.02. The maximum Gasteiger partial charge on any atom is 0.303 e. The average Bonchev–Trinajstić information content (AvgIpc) is 3.12. The maximum absolute atomic E-state index is 14.1. The van der Waals surface area contributed by atoms with E-state index in [1.165, 1.54) is 11.3 Å². The van der Waals surface area contributed by atoms with Crippen LogP contribution >= 0.6 is 11.3 Å². The Morgan fingerprint density at radius 2 is 1.81 bits per heavy atom. The molecule has 140 valence electrons. The first-order valence-electron chi connectivity index (χ1n) is 8.14. The number of carboxylic acids is 1. The Kier molecular flexibility index (Phi) is 6.03. The zero-order valence-corrected chi connectivity index (χ0v) is 15.0. The third-order valence-corrected chi connectivity index (χ3v) is 4.43. The predicted octanol–water partition coefficient (Wildman–Crippen LogP) is 5.41. The molecule has 2 aromatic carbocycles. The lowest BCUT2D eigenvalue weighted by Gasteiger charge is -2.11. The Morgan fingerprint density at radius 1 is 1.04 bits per heavy atom. The van der Waals surface area contributed by atoms with Gasteiger partial charge in [-0.05, 0) is 59.3 Å². The number of thiophene rings is 1. The fourth-order valence-electron chi connectivity index (χ4n) is 2.44. The molecule has 0 fully saturated rings. The summed E-state index contributed by atoms with van der Waals surface area (Å²) in [5.41, 5.74) is 0.962. The van der Waals surface area contributed by atoms with Gasteiger partial charge in [0.15, 0.2) is 22.4 Å². The van der Waals surface area contributed by atoms with Crippen LogP contribution in [0.25, 0.3) is 0 Å². The molecular formula is C20H16F2O4S. The lowest BCUT2D eigenvalue weighted by atomic mass is 10.1. The minimum Gasteiger partial charge on any atom is -0.483 e. The summed E-state index contributed by atoms with van der Waals surface area (Å²) in [5.74, 6) is -2.63. The van der Waals surface area contributed by atoms with Crippen molar-refractivity contribution in [1.82, 2.24) is 0 Å². The molecule has 0 amide bonds. The van der Waals surface area contributed by atoms with Crippen LogP contribution in [-0.2, 0) is 17.8 Å². The number of halogens is 2. The minimum absolute atomic E-state index is 0.0377. The van der Waals surface area contributed by atoms with Gasteiger partial charge in [0, 0.05) is 6.42 Å². The molecule has 3 aromatic rings. The number of ether oxygens (including phenoxy) is 2. The summed E-state index contributed by atoms with van der Waals surface area (Å²) >= 11 is 1.46. The molecule has 1 aromatic heterocycles. The number of aliphatic carboxylic acids is 1. The summed E-state index contributed by atoms with van der Waals surface area (Å²) in [4.78, 5) is 10.6. The molecule has 1 heterocycles. The van der Waals surface area contributed by atoms with Crippen LogP contribution in [0.15, 0.2) is 53.9 Å². The van der Waals surface area contributed by atoms with Gasteiger partial charge in [0.1, 0.15) is 12.4 Å². The van der Waals surface area contributed by atoms with Gasteiger partial charge in [-0.1, -0.05) is 12.1 Å². The molecule has 27 heavy (non-hydrogen) atoms. The third kappa shape index (κ3) is 5.27. The number of hydrogen-bond donors (Lipinski definition) is 1. The van der Waals surface area contributed by atoms with E-state index in [4.69, 9.17) is 14.6 Å². The molecular weight excluding hydrogens is 374 g/mol. The van der Waals surface area contributed by atoms with Crippen LogP contribution in [0.5, 0.6) is 16.6 Å². The topological polar surface area (TPSA) is 55.8 Å². The summed E-state index contributed by atoms with van der Waals surface area (Å²) in [7, 11) is 0. The smallest absolute Gasteiger partial charge is 0.303 e. The Bertz CT molecular complexity index is 902. The molecule has 7 heteroatoms. The number of carbonyl (C=O) groups is 1. The van der Waals surface area contributed by atoms with E-state index in [1.807, 2.05) is 17.5 Å².